The van der Waals surface area contributed by atoms with E-state index in [1.165, 1.54) is 6.92 Å². The molecule has 0 fully saturated rings. The number of carbonyl (C=O) groups excluding carboxylic acids is 1. The number of ketones is 1. The van der Waals surface area contributed by atoms with Crippen LogP contribution in [-0.2, 0) is 4.74 Å². The second-order valence-electron chi connectivity index (χ2n) is 4.71. The number of anilines is 1. The van der Waals surface area contributed by atoms with E-state index in [2.05, 4.69) is 10.3 Å². The lowest BCUT2D eigenvalue weighted by molar-refractivity contribution is 0.0687. The van der Waals surface area contributed by atoms with Crippen molar-refractivity contribution >= 4 is 28.2 Å². The highest BCUT2D eigenvalue weighted by atomic mass is 32.1. The third kappa shape index (κ3) is 4.28. The Morgan fingerprint density at radius 3 is 2.50 bits per heavy atom. The molecule has 0 aromatic carbocycles. The molecule has 1 aromatic rings. The van der Waals surface area contributed by atoms with Gasteiger partial charge < -0.3 is 15.2 Å². The molecule has 0 aliphatic carbocycles. The van der Waals surface area contributed by atoms with Crippen LogP contribution >= 0.6 is 11.3 Å². The maximum absolute atomic E-state index is 11.4. The molecule has 0 amide bonds. The standard InChI is InChI=1S/C13H20N2O4S/c1-5-19-6-9(7(2)3)14-13-15-10(12(17)18)11(20-13)8(4)16/h7,9H,5-6H2,1-4H3,(H,14,15)(H,17,18). The fourth-order valence-electron chi connectivity index (χ4n) is 1.57. The number of carboxylic acid groups (broad SMARTS) is 1. The minimum Gasteiger partial charge on any atom is -0.476 e. The average Bonchev–Trinajstić information content (AvgIpc) is 2.78. The minimum atomic E-state index is -1.19. The molecule has 7 heteroatoms. The van der Waals surface area contributed by atoms with Crippen LogP contribution in [0.5, 0.6) is 0 Å². The number of hydrogen-bond donors (Lipinski definition) is 2. The number of Topliss-reactive ketones (excluding diaryl/α,β-unsaturated/α-hetero) is 1. The van der Waals surface area contributed by atoms with Crippen molar-refractivity contribution in [3.8, 4) is 0 Å². The maximum atomic E-state index is 11.4. The highest BCUT2D eigenvalue weighted by Gasteiger charge is 2.22. The number of carbonyl (C=O) groups is 2. The molecule has 0 saturated heterocycles. The number of rotatable bonds is 8. The summed E-state index contributed by atoms with van der Waals surface area (Å²) in [5.41, 5.74) is -0.191. The van der Waals surface area contributed by atoms with Crippen LogP contribution < -0.4 is 5.32 Å². The molecule has 1 atom stereocenters. The van der Waals surface area contributed by atoms with E-state index in [0.29, 0.717) is 24.3 Å². The van der Waals surface area contributed by atoms with E-state index < -0.39 is 5.97 Å². The van der Waals surface area contributed by atoms with E-state index in [1.54, 1.807) is 0 Å². The molecule has 6 nitrogen and oxygen atoms in total. The molecule has 0 radical (unpaired) electrons. The first kappa shape index (κ1) is 16.6. The summed E-state index contributed by atoms with van der Waals surface area (Å²) >= 11 is 1.07. The Morgan fingerprint density at radius 1 is 1.45 bits per heavy atom. The zero-order valence-electron chi connectivity index (χ0n) is 12.1. The summed E-state index contributed by atoms with van der Waals surface area (Å²) < 4.78 is 5.39. The Morgan fingerprint density at radius 2 is 2.10 bits per heavy atom. The molecule has 0 bridgehead atoms. The molecular weight excluding hydrogens is 280 g/mol. The van der Waals surface area contributed by atoms with Gasteiger partial charge >= 0.3 is 5.97 Å². The lowest BCUT2D eigenvalue weighted by Gasteiger charge is -2.21. The smallest absolute Gasteiger partial charge is 0.356 e. The predicted octanol–water partition coefficient (Wildman–Crippen LogP) is 2.52. The number of nitrogens with one attached hydrogen (secondary N) is 1. The van der Waals surface area contributed by atoms with Crippen molar-refractivity contribution < 1.29 is 19.4 Å². The molecule has 1 heterocycles. The van der Waals surface area contributed by atoms with E-state index in [1.807, 2.05) is 20.8 Å². The van der Waals surface area contributed by atoms with Crippen molar-refractivity contribution in [2.24, 2.45) is 5.92 Å². The molecule has 1 rings (SSSR count). The van der Waals surface area contributed by atoms with Crippen molar-refractivity contribution in [3.05, 3.63) is 10.6 Å². The normalized spacial score (nSPS) is 12.4. The Labute approximate surface area is 122 Å². The second-order valence-corrected chi connectivity index (χ2v) is 5.71. The molecule has 2 N–H and O–H groups in total. The van der Waals surface area contributed by atoms with Crippen LogP contribution in [0.15, 0.2) is 0 Å². The average molecular weight is 300 g/mol. The number of ether oxygens (including phenoxy) is 1. The van der Waals surface area contributed by atoms with E-state index in [4.69, 9.17) is 9.84 Å². The number of thiazole rings is 1. The van der Waals surface area contributed by atoms with Crippen LogP contribution in [0.1, 0.15) is 47.9 Å². The summed E-state index contributed by atoms with van der Waals surface area (Å²) in [5, 5.41) is 12.6. The summed E-state index contributed by atoms with van der Waals surface area (Å²) in [6.45, 7) is 8.44. The van der Waals surface area contributed by atoms with Gasteiger partial charge in [0.1, 0.15) is 4.88 Å². The van der Waals surface area contributed by atoms with Gasteiger partial charge in [-0.05, 0) is 12.8 Å². The van der Waals surface area contributed by atoms with E-state index >= 15 is 0 Å². The number of aromatic carboxylic acids is 1. The first-order chi connectivity index (χ1) is 9.36. The fourth-order valence-corrected chi connectivity index (χ4v) is 2.48. The fraction of sp³-hybridized carbons (Fsp3) is 0.615. The monoisotopic (exact) mass is 300 g/mol. The van der Waals surface area contributed by atoms with Gasteiger partial charge in [-0.2, -0.15) is 0 Å². The highest BCUT2D eigenvalue weighted by molar-refractivity contribution is 7.17. The van der Waals surface area contributed by atoms with Crippen LogP contribution in [0.3, 0.4) is 0 Å². The molecule has 0 aliphatic rings. The first-order valence-corrected chi connectivity index (χ1v) is 7.27. The van der Waals surface area contributed by atoms with Gasteiger partial charge in [0.05, 0.1) is 12.6 Å². The SMILES string of the molecule is CCOCC(Nc1nc(C(=O)O)c(C(C)=O)s1)C(C)C. The molecule has 0 spiro atoms. The number of hydrogen-bond acceptors (Lipinski definition) is 6. The van der Waals surface area contributed by atoms with Gasteiger partial charge in [0, 0.05) is 13.5 Å². The van der Waals surface area contributed by atoms with E-state index in [9.17, 15) is 9.59 Å². The topological polar surface area (TPSA) is 88.5 Å². The lowest BCUT2D eigenvalue weighted by atomic mass is 10.1. The van der Waals surface area contributed by atoms with Crippen molar-refractivity contribution in [1.29, 1.82) is 0 Å². The quantitative estimate of drug-likeness (QED) is 0.717. The number of aromatic nitrogens is 1. The van der Waals surface area contributed by atoms with E-state index in [-0.39, 0.29) is 22.4 Å². The van der Waals surface area contributed by atoms with Crippen LogP contribution in [0.2, 0.25) is 0 Å². The van der Waals surface area contributed by atoms with Crippen LogP contribution in [0.4, 0.5) is 5.13 Å². The van der Waals surface area contributed by atoms with Gasteiger partial charge in [-0.25, -0.2) is 9.78 Å². The van der Waals surface area contributed by atoms with Crippen molar-refractivity contribution in [1.82, 2.24) is 4.98 Å². The molecule has 1 unspecified atom stereocenters. The molecule has 20 heavy (non-hydrogen) atoms. The van der Waals surface area contributed by atoms with Gasteiger partial charge in [-0.3, -0.25) is 4.79 Å². The lowest BCUT2D eigenvalue weighted by Crippen LogP contribution is -2.30. The van der Waals surface area contributed by atoms with Crippen LogP contribution in [-0.4, -0.2) is 41.1 Å². The summed E-state index contributed by atoms with van der Waals surface area (Å²) in [6.07, 6.45) is 0. The minimum absolute atomic E-state index is 0.0163. The molecule has 0 aliphatic heterocycles. The molecule has 1 aromatic heterocycles. The van der Waals surface area contributed by atoms with Crippen LogP contribution in [0, 0.1) is 5.92 Å². The zero-order valence-corrected chi connectivity index (χ0v) is 12.9. The Balaban J connectivity index is 2.93. The highest BCUT2D eigenvalue weighted by Crippen LogP contribution is 2.25. The molecule has 112 valence electrons. The first-order valence-electron chi connectivity index (χ1n) is 6.46. The maximum Gasteiger partial charge on any atom is 0.356 e. The largest absolute Gasteiger partial charge is 0.476 e. The van der Waals surface area contributed by atoms with Crippen molar-refractivity contribution in [2.45, 2.75) is 33.7 Å². The number of nitrogens with zero attached hydrogens (tertiary/aromatic N) is 1. The van der Waals surface area contributed by atoms with Gasteiger partial charge in [-0.1, -0.05) is 25.2 Å². The third-order valence-electron chi connectivity index (χ3n) is 2.76. The third-order valence-corrected chi connectivity index (χ3v) is 3.85. The van der Waals surface area contributed by atoms with Gasteiger partial charge in [-0.15, -0.1) is 0 Å². The zero-order chi connectivity index (χ0) is 15.3. The van der Waals surface area contributed by atoms with Gasteiger partial charge in [0.25, 0.3) is 0 Å². The summed E-state index contributed by atoms with van der Waals surface area (Å²) in [6, 6.07) is 0.0163. The molecular formula is C13H20N2O4S. The summed E-state index contributed by atoms with van der Waals surface area (Å²) in [4.78, 5) is 26.7. The Hall–Kier alpha value is -1.47. The van der Waals surface area contributed by atoms with Crippen molar-refractivity contribution in [3.63, 3.8) is 0 Å². The van der Waals surface area contributed by atoms with Gasteiger partial charge in [0.15, 0.2) is 16.6 Å². The van der Waals surface area contributed by atoms with E-state index in [0.717, 1.165) is 11.3 Å². The second kappa shape index (κ2) is 7.35. The predicted molar refractivity (Wildman–Crippen MR) is 77.8 cm³/mol. The van der Waals surface area contributed by atoms with Crippen molar-refractivity contribution in [2.75, 3.05) is 18.5 Å². The Bertz CT molecular complexity index is 453. The Kier molecular flexibility index (Phi) is 6.09. The number of carboxylic acids is 1. The molecule has 0 saturated carbocycles. The van der Waals surface area contributed by atoms with Gasteiger partial charge in [0.2, 0.25) is 0 Å². The summed E-state index contributed by atoms with van der Waals surface area (Å²) in [5.74, 6) is -1.19. The summed E-state index contributed by atoms with van der Waals surface area (Å²) in [7, 11) is 0. The van der Waals surface area contributed by atoms with Crippen LogP contribution in [0.25, 0.3) is 0 Å².